The van der Waals surface area contributed by atoms with E-state index in [1.807, 2.05) is 40.7 Å². The minimum absolute atomic E-state index is 0.321. The third-order valence-electron chi connectivity index (χ3n) is 8.10. The summed E-state index contributed by atoms with van der Waals surface area (Å²) >= 11 is 0. The Morgan fingerprint density at radius 1 is 1.17 bits per heavy atom. The third kappa shape index (κ3) is 6.31. The maximum absolute atomic E-state index is 15.6. The SMILES string of the molecule is Cc1nc2c(c(-c3cc(F)c4c(c3C)CCCO4)c1C(OC(C)(C)C)C(=O)O)CN(CCCc1ccccc1)CC2. The molecule has 1 unspecified atom stereocenters. The summed E-state index contributed by atoms with van der Waals surface area (Å²) in [6.45, 7) is 12.3. The smallest absolute Gasteiger partial charge is 0.337 e. The molecule has 1 aromatic heterocycles. The Morgan fingerprint density at radius 2 is 1.93 bits per heavy atom. The second kappa shape index (κ2) is 11.9. The van der Waals surface area contributed by atoms with Gasteiger partial charge in [-0.1, -0.05) is 30.3 Å². The van der Waals surface area contributed by atoms with Gasteiger partial charge in [0.1, 0.15) is 0 Å². The average molecular weight is 561 g/mol. The van der Waals surface area contributed by atoms with Crippen LogP contribution in [0.3, 0.4) is 0 Å². The van der Waals surface area contributed by atoms with Crippen molar-refractivity contribution >= 4 is 5.97 Å². The Morgan fingerprint density at radius 3 is 2.63 bits per heavy atom. The number of carbonyl (C=O) groups is 1. The zero-order valence-corrected chi connectivity index (χ0v) is 24.8. The van der Waals surface area contributed by atoms with E-state index in [2.05, 4.69) is 29.2 Å². The molecule has 0 saturated heterocycles. The molecular weight excluding hydrogens is 519 g/mol. The summed E-state index contributed by atoms with van der Waals surface area (Å²) < 4.78 is 27.5. The molecule has 0 bridgehead atoms. The topological polar surface area (TPSA) is 71.9 Å². The molecule has 0 fully saturated rings. The van der Waals surface area contributed by atoms with Crippen molar-refractivity contribution in [3.8, 4) is 16.9 Å². The number of nitrogens with zero attached hydrogens (tertiary/aromatic N) is 2. The predicted octanol–water partition coefficient (Wildman–Crippen LogP) is 6.76. The van der Waals surface area contributed by atoms with Crippen LogP contribution in [0.5, 0.6) is 5.75 Å². The first kappa shape index (κ1) is 29.2. The Kier molecular flexibility index (Phi) is 8.48. The highest BCUT2D eigenvalue weighted by atomic mass is 19.1. The van der Waals surface area contributed by atoms with Gasteiger partial charge in [0, 0.05) is 42.0 Å². The lowest BCUT2D eigenvalue weighted by Gasteiger charge is -2.34. The first-order chi connectivity index (χ1) is 19.5. The zero-order valence-electron chi connectivity index (χ0n) is 24.8. The largest absolute Gasteiger partial charge is 0.490 e. The van der Waals surface area contributed by atoms with E-state index < -0.39 is 23.5 Å². The highest BCUT2D eigenvalue weighted by molar-refractivity contribution is 5.84. The summed E-state index contributed by atoms with van der Waals surface area (Å²) in [6, 6.07) is 12.0. The van der Waals surface area contributed by atoms with E-state index in [4.69, 9.17) is 14.5 Å². The number of hydrogen-bond acceptors (Lipinski definition) is 5. The molecule has 3 heterocycles. The number of fused-ring (bicyclic) bond motifs is 2. The fraction of sp³-hybridized carbons (Fsp3) is 0.471. The van der Waals surface area contributed by atoms with E-state index in [1.165, 1.54) is 11.6 Å². The van der Waals surface area contributed by atoms with Crippen LogP contribution >= 0.6 is 0 Å². The summed E-state index contributed by atoms with van der Waals surface area (Å²) in [5.74, 6) is -1.17. The highest BCUT2D eigenvalue weighted by Crippen LogP contribution is 2.44. The number of hydrogen-bond donors (Lipinski definition) is 1. The van der Waals surface area contributed by atoms with Crippen LogP contribution in [0, 0.1) is 19.7 Å². The van der Waals surface area contributed by atoms with E-state index in [1.54, 1.807) is 0 Å². The lowest BCUT2D eigenvalue weighted by atomic mass is 9.83. The number of carboxylic acids is 1. The summed E-state index contributed by atoms with van der Waals surface area (Å²) in [6.07, 6.45) is 3.05. The number of carboxylic acid groups (broad SMARTS) is 1. The van der Waals surface area contributed by atoms with Crippen LogP contribution in [0.4, 0.5) is 4.39 Å². The Hall–Kier alpha value is -3.29. The molecule has 6 nitrogen and oxygen atoms in total. The maximum atomic E-state index is 15.6. The highest BCUT2D eigenvalue weighted by Gasteiger charge is 2.36. The molecule has 1 atom stereocenters. The number of pyridine rings is 1. The molecule has 5 rings (SSSR count). The van der Waals surface area contributed by atoms with Gasteiger partial charge in [0.15, 0.2) is 17.7 Å². The molecule has 1 N–H and O–H groups in total. The van der Waals surface area contributed by atoms with Crippen molar-refractivity contribution in [3.63, 3.8) is 0 Å². The molecule has 41 heavy (non-hydrogen) atoms. The second-order valence-electron chi connectivity index (χ2n) is 12.3. The lowest BCUT2D eigenvalue weighted by molar-refractivity contribution is -0.160. The molecule has 0 amide bonds. The van der Waals surface area contributed by atoms with Crippen LogP contribution in [0.25, 0.3) is 11.1 Å². The number of aromatic nitrogens is 1. The third-order valence-corrected chi connectivity index (χ3v) is 8.10. The number of aliphatic carboxylic acids is 1. The molecule has 7 heteroatoms. The van der Waals surface area contributed by atoms with Crippen LogP contribution in [0.2, 0.25) is 0 Å². The lowest BCUT2D eigenvalue weighted by Crippen LogP contribution is -2.34. The van der Waals surface area contributed by atoms with Gasteiger partial charge < -0.3 is 14.6 Å². The van der Waals surface area contributed by atoms with Crippen molar-refractivity contribution in [1.82, 2.24) is 9.88 Å². The number of halogens is 1. The Labute approximate surface area is 242 Å². The fourth-order valence-corrected chi connectivity index (χ4v) is 6.24. The van der Waals surface area contributed by atoms with Gasteiger partial charge in [0.25, 0.3) is 0 Å². The maximum Gasteiger partial charge on any atom is 0.337 e. The summed E-state index contributed by atoms with van der Waals surface area (Å²) in [7, 11) is 0. The first-order valence-corrected chi connectivity index (χ1v) is 14.7. The van der Waals surface area contributed by atoms with Crippen molar-refractivity contribution in [2.24, 2.45) is 0 Å². The molecule has 0 spiro atoms. The van der Waals surface area contributed by atoms with Crippen LogP contribution in [-0.4, -0.2) is 46.3 Å². The molecule has 2 aliphatic heterocycles. The molecule has 0 saturated carbocycles. The second-order valence-corrected chi connectivity index (χ2v) is 12.3. The molecular formula is C34H41FN2O4. The zero-order chi connectivity index (χ0) is 29.3. The Bertz CT molecular complexity index is 1430. The molecule has 3 aromatic rings. The number of rotatable bonds is 8. The average Bonchev–Trinajstić information content (AvgIpc) is 2.93. The van der Waals surface area contributed by atoms with Gasteiger partial charge in [-0.25, -0.2) is 9.18 Å². The van der Waals surface area contributed by atoms with Gasteiger partial charge >= 0.3 is 5.97 Å². The molecule has 0 radical (unpaired) electrons. The van der Waals surface area contributed by atoms with Crippen molar-refractivity contribution in [3.05, 3.63) is 81.4 Å². The molecule has 218 valence electrons. The normalized spacial score (nSPS) is 16.0. The monoisotopic (exact) mass is 560 g/mol. The molecule has 2 aromatic carbocycles. The standard InChI is InChI=1S/C34H41FN2O4/c1-21-24-14-10-18-40-31(24)27(35)19-25(21)30-26-20-37(16-9-13-23-11-7-6-8-12-23)17-15-28(26)36-22(2)29(30)32(33(38)39)41-34(3,4)5/h6-8,11-12,19,32H,9-10,13-18,20H2,1-5H3,(H,38,39). The minimum Gasteiger partial charge on any atom is -0.490 e. The van der Waals surface area contributed by atoms with E-state index in [0.29, 0.717) is 35.7 Å². The quantitative estimate of drug-likeness (QED) is 0.328. The van der Waals surface area contributed by atoms with Crippen molar-refractivity contribution in [2.75, 3.05) is 19.7 Å². The van der Waals surface area contributed by atoms with Gasteiger partial charge in [0.2, 0.25) is 0 Å². The van der Waals surface area contributed by atoms with Gasteiger partial charge in [0.05, 0.1) is 12.2 Å². The Balaban J connectivity index is 1.62. The van der Waals surface area contributed by atoms with Crippen molar-refractivity contribution in [2.45, 2.75) is 85.0 Å². The number of ether oxygens (including phenoxy) is 2. The van der Waals surface area contributed by atoms with Crippen molar-refractivity contribution < 1.29 is 23.8 Å². The predicted molar refractivity (Wildman–Crippen MR) is 158 cm³/mol. The van der Waals surface area contributed by atoms with Crippen molar-refractivity contribution in [1.29, 1.82) is 0 Å². The van der Waals surface area contributed by atoms with E-state index in [-0.39, 0.29) is 0 Å². The van der Waals surface area contributed by atoms with E-state index >= 15 is 4.39 Å². The van der Waals surface area contributed by atoms with Crippen LogP contribution in [-0.2, 0) is 35.3 Å². The number of benzene rings is 2. The summed E-state index contributed by atoms with van der Waals surface area (Å²) in [4.78, 5) is 20.1. The van der Waals surface area contributed by atoms with Gasteiger partial charge in [-0.3, -0.25) is 9.88 Å². The van der Waals surface area contributed by atoms with Gasteiger partial charge in [-0.2, -0.15) is 0 Å². The van der Waals surface area contributed by atoms with Crippen LogP contribution < -0.4 is 4.74 Å². The number of aryl methyl sites for hydroxylation is 2. The van der Waals surface area contributed by atoms with E-state index in [9.17, 15) is 9.90 Å². The van der Waals surface area contributed by atoms with Gasteiger partial charge in [-0.05, 0) is 101 Å². The molecule has 0 aliphatic carbocycles. The fourth-order valence-electron chi connectivity index (χ4n) is 6.24. The molecule has 2 aliphatic rings. The van der Waals surface area contributed by atoms with Gasteiger partial charge in [-0.15, -0.1) is 0 Å². The minimum atomic E-state index is -1.24. The van der Waals surface area contributed by atoms with Crippen LogP contribution in [0.15, 0.2) is 36.4 Å². The first-order valence-electron chi connectivity index (χ1n) is 14.7. The van der Waals surface area contributed by atoms with Crippen LogP contribution in [0.1, 0.15) is 78.9 Å². The van der Waals surface area contributed by atoms with E-state index in [0.717, 1.165) is 73.1 Å². The summed E-state index contributed by atoms with van der Waals surface area (Å²) in [5.41, 5.74) is 6.90. The summed E-state index contributed by atoms with van der Waals surface area (Å²) in [5, 5.41) is 10.4.